The third-order valence-corrected chi connectivity index (χ3v) is 3.80. The molecule has 0 amide bonds. The maximum absolute atomic E-state index is 12.6. The maximum atomic E-state index is 12.6. The molecule has 1 saturated carbocycles. The van der Waals surface area contributed by atoms with Crippen LogP contribution in [0.4, 0.5) is 13.2 Å². The predicted molar refractivity (Wildman–Crippen MR) is 72.2 cm³/mol. The van der Waals surface area contributed by atoms with E-state index in [1.54, 1.807) is 4.90 Å². The first-order chi connectivity index (χ1) is 8.78. The highest BCUT2D eigenvalue weighted by atomic mass is 19.4. The fraction of sp³-hybridized carbons (Fsp3) is 1.00. The van der Waals surface area contributed by atoms with E-state index in [4.69, 9.17) is 0 Å². The van der Waals surface area contributed by atoms with Gasteiger partial charge in [-0.05, 0) is 37.6 Å². The van der Waals surface area contributed by atoms with Crippen molar-refractivity contribution in [2.45, 2.75) is 58.7 Å². The first kappa shape index (κ1) is 16.8. The van der Waals surface area contributed by atoms with Gasteiger partial charge in [-0.25, -0.2) is 0 Å². The summed E-state index contributed by atoms with van der Waals surface area (Å²) in [5, 5.41) is 3.45. The van der Waals surface area contributed by atoms with Crippen molar-refractivity contribution in [3.05, 3.63) is 0 Å². The number of hydrogen-bond acceptors (Lipinski definition) is 2. The standard InChI is InChI=1S/C14H27F3N2/c1-4-8-19(11-14(15,16)17)10-13(3,5-2)9-18-12-6-7-12/h12,18H,4-11H2,1-3H3. The Morgan fingerprint density at radius 3 is 2.21 bits per heavy atom. The summed E-state index contributed by atoms with van der Waals surface area (Å²) in [4.78, 5) is 1.55. The highest BCUT2D eigenvalue weighted by molar-refractivity contribution is 4.87. The van der Waals surface area contributed by atoms with Crippen molar-refractivity contribution in [2.24, 2.45) is 5.41 Å². The molecular weight excluding hydrogens is 253 g/mol. The van der Waals surface area contributed by atoms with Gasteiger partial charge in [0.2, 0.25) is 0 Å². The van der Waals surface area contributed by atoms with Crippen LogP contribution in [0.25, 0.3) is 0 Å². The minimum atomic E-state index is -4.10. The lowest BCUT2D eigenvalue weighted by Crippen LogP contribution is -2.45. The van der Waals surface area contributed by atoms with Gasteiger partial charge in [0.05, 0.1) is 6.54 Å². The Hall–Kier alpha value is -0.290. The van der Waals surface area contributed by atoms with Crippen molar-refractivity contribution in [1.82, 2.24) is 10.2 Å². The number of halogens is 3. The van der Waals surface area contributed by atoms with Gasteiger partial charge in [0, 0.05) is 19.1 Å². The molecule has 0 radical (unpaired) electrons. The number of nitrogens with zero attached hydrogens (tertiary/aromatic N) is 1. The molecule has 114 valence electrons. The first-order valence-electron chi connectivity index (χ1n) is 7.30. The van der Waals surface area contributed by atoms with E-state index in [1.807, 2.05) is 6.92 Å². The van der Waals surface area contributed by atoms with Gasteiger partial charge in [-0.2, -0.15) is 13.2 Å². The normalized spacial score (nSPS) is 19.7. The van der Waals surface area contributed by atoms with E-state index in [2.05, 4.69) is 19.2 Å². The Labute approximate surface area is 114 Å². The monoisotopic (exact) mass is 280 g/mol. The number of rotatable bonds is 9. The fourth-order valence-corrected chi connectivity index (χ4v) is 2.29. The Balaban J connectivity index is 2.50. The average Bonchev–Trinajstić information content (AvgIpc) is 3.08. The summed E-state index contributed by atoms with van der Waals surface area (Å²) in [6, 6.07) is 0.605. The molecule has 1 N–H and O–H groups in total. The molecule has 0 bridgehead atoms. The summed E-state index contributed by atoms with van der Waals surface area (Å²) in [6.45, 7) is 7.12. The highest BCUT2D eigenvalue weighted by Gasteiger charge is 2.34. The van der Waals surface area contributed by atoms with E-state index in [0.29, 0.717) is 19.1 Å². The largest absolute Gasteiger partial charge is 0.401 e. The average molecular weight is 280 g/mol. The molecule has 5 heteroatoms. The maximum Gasteiger partial charge on any atom is 0.401 e. The summed E-state index contributed by atoms with van der Waals surface area (Å²) in [5.41, 5.74) is -0.0803. The van der Waals surface area contributed by atoms with Gasteiger partial charge in [-0.3, -0.25) is 4.90 Å². The van der Waals surface area contributed by atoms with Gasteiger partial charge in [0.15, 0.2) is 0 Å². The topological polar surface area (TPSA) is 15.3 Å². The lowest BCUT2D eigenvalue weighted by atomic mass is 9.86. The van der Waals surface area contributed by atoms with E-state index in [1.165, 1.54) is 12.8 Å². The third kappa shape index (κ3) is 7.16. The minimum Gasteiger partial charge on any atom is -0.313 e. The summed E-state index contributed by atoms with van der Waals surface area (Å²) in [5.74, 6) is 0. The molecule has 1 atom stereocenters. The van der Waals surface area contributed by atoms with Crippen molar-refractivity contribution in [3.63, 3.8) is 0 Å². The van der Waals surface area contributed by atoms with Crippen molar-refractivity contribution < 1.29 is 13.2 Å². The molecule has 1 rings (SSSR count). The van der Waals surface area contributed by atoms with Gasteiger partial charge in [-0.1, -0.05) is 20.8 Å². The zero-order chi connectivity index (χ0) is 14.5. The van der Waals surface area contributed by atoms with Crippen molar-refractivity contribution >= 4 is 0 Å². The van der Waals surface area contributed by atoms with E-state index in [9.17, 15) is 13.2 Å². The molecule has 0 aromatic heterocycles. The van der Waals surface area contributed by atoms with E-state index in [0.717, 1.165) is 19.4 Å². The lowest BCUT2D eigenvalue weighted by Gasteiger charge is -2.35. The van der Waals surface area contributed by atoms with Gasteiger partial charge in [0.25, 0.3) is 0 Å². The van der Waals surface area contributed by atoms with Crippen LogP contribution < -0.4 is 5.32 Å². The van der Waals surface area contributed by atoms with Crippen molar-refractivity contribution in [1.29, 1.82) is 0 Å². The van der Waals surface area contributed by atoms with Crippen LogP contribution in [-0.4, -0.2) is 43.3 Å². The second-order valence-electron chi connectivity index (χ2n) is 6.15. The molecule has 1 fully saturated rings. The van der Waals surface area contributed by atoms with Gasteiger partial charge < -0.3 is 5.32 Å². The van der Waals surface area contributed by atoms with E-state index in [-0.39, 0.29) is 5.41 Å². The molecule has 1 aliphatic carbocycles. The Morgan fingerprint density at radius 1 is 1.16 bits per heavy atom. The van der Waals surface area contributed by atoms with Crippen LogP contribution in [0.15, 0.2) is 0 Å². The van der Waals surface area contributed by atoms with Gasteiger partial charge >= 0.3 is 6.18 Å². The van der Waals surface area contributed by atoms with Crippen LogP contribution >= 0.6 is 0 Å². The van der Waals surface area contributed by atoms with Crippen LogP contribution in [0.3, 0.4) is 0 Å². The lowest BCUT2D eigenvalue weighted by molar-refractivity contribution is -0.149. The fourth-order valence-electron chi connectivity index (χ4n) is 2.29. The number of alkyl halides is 3. The molecule has 0 spiro atoms. The van der Waals surface area contributed by atoms with E-state index >= 15 is 0 Å². The van der Waals surface area contributed by atoms with Gasteiger partial charge in [-0.15, -0.1) is 0 Å². The van der Waals surface area contributed by atoms with Crippen molar-refractivity contribution in [2.75, 3.05) is 26.2 Å². The summed E-state index contributed by atoms with van der Waals surface area (Å²) in [7, 11) is 0. The van der Waals surface area contributed by atoms with Gasteiger partial charge in [0.1, 0.15) is 0 Å². The molecule has 0 saturated heterocycles. The molecule has 1 aliphatic rings. The molecule has 0 aliphatic heterocycles. The molecule has 2 nitrogen and oxygen atoms in total. The first-order valence-corrected chi connectivity index (χ1v) is 7.30. The van der Waals surface area contributed by atoms with Crippen LogP contribution in [0.2, 0.25) is 0 Å². The molecule has 1 unspecified atom stereocenters. The zero-order valence-electron chi connectivity index (χ0n) is 12.3. The smallest absolute Gasteiger partial charge is 0.313 e. The molecule has 0 aromatic carbocycles. The zero-order valence-corrected chi connectivity index (χ0v) is 12.3. The molecule has 0 aromatic rings. The quantitative estimate of drug-likeness (QED) is 0.696. The highest BCUT2D eigenvalue weighted by Crippen LogP contribution is 2.27. The van der Waals surface area contributed by atoms with Crippen LogP contribution in [0.5, 0.6) is 0 Å². The number of hydrogen-bond donors (Lipinski definition) is 1. The molecule has 19 heavy (non-hydrogen) atoms. The minimum absolute atomic E-state index is 0.0803. The second kappa shape index (κ2) is 6.93. The number of nitrogens with one attached hydrogen (secondary N) is 1. The van der Waals surface area contributed by atoms with Crippen LogP contribution in [0, 0.1) is 5.41 Å². The summed E-state index contributed by atoms with van der Waals surface area (Å²) < 4.78 is 37.7. The summed E-state index contributed by atoms with van der Waals surface area (Å²) >= 11 is 0. The van der Waals surface area contributed by atoms with E-state index < -0.39 is 12.7 Å². The SMILES string of the molecule is CCCN(CC(F)(F)F)CC(C)(CC)CNC1CC1. The molecule has 0 heterocycles. The summed E-state index contributed by atoms with van der Waals surface area (Å²) in [6.07, 6.45) is -0.0352. The predicted octanol–water partition coefficient (Wildman–Crippen LogP) is 3.43. The Kier molecular flexibility index (Phi) is 6.12. The molecular formula is C14H27F3N2. The Bertz CT molecular complexity index is 264. The second-order valence-corrected chi connectivity index (χ2v) is 6.15. The Morgan fingerprint density at radius 2 is 1.79 bits per heavy atom. The van der Waals surface area contributed by atoms with Crippen LogP contribution in [-0.2, 0) is 0 Å². The third-order valence-electron chi connectivity index (χ3n) is 3.80. The van der Waals surface area contributed by atoms with Crippen LogP contribution in [0.1, 0.15) is 46.5 Å². The van der Waals surface area contributed by atoms with Crippen molar-refractivity contribution in [3.8, 4) is 0 Å².